The molecule has 130 valence electrons. The summed E-state index contributed by atoms with van der Waals surface area (Å²) in [5.74, 6) is 0. The molecule has 24 heavy (non-hydrogen) atoms. The van der Waals surface area contributed by atoms with Gasteiger partial charge in [-0.3, -0.25) is 9.78 Å². The molecule has 1 aromatic carbocycles. The molecule has 0 fully saturated rings. The standard InChI is InChI=1S/C14H21NO.C4H4N2O2/c1-2-3-7-13-16-15-12-8-11-14-9-5-4-6-10-14;7-3-1-2-5-4(8)6-3/h4-6,8-11,15H,2-3,7,12-13H2,1H3;1-2H,(H2,5,6,7,8). The van der Waals surface area contributed by atoms with E-state index in [2.05, 4.69) is 41.7 Å². The summed E-state index contributed by atoms with van der Waals surface area (Å²) in [6.45, 7) is 3.74. The van der Waals surface area contributed by atoms with Crippen molar-refractivity contribution in [1.29, 1.82) is 0 Å². The quantitative estimate of drug-likeness (QED) is 0.512. The van der Waals surface area contributed by atoms with Gasteiger partial charge in [-0.05, 0) is 12.0 Å². The second-order valence-electron chi connectivity index (χ2n) is 5.01. The first-order valence-corrected chi connectivity index (χ1v) is 8.06. The molecule has 0 aliphatic rings. The predicted molar refractivity (Wildman–Crippen MR) is 96.6 cm³/mol. The third-order valence-corrected chi connectivity index (χ3v) is 2.95. The largest absolute Gasteiger partial charge is 0.325 e. The molecule has 6 nitrogen and oxygen atoms in total. The average Bonchev–Trinajstić information content (AvgIpc) is 2.59. The second kappa shape index (κ2) is 13.0. The fourth-order valence-electron chi connectivity index (χ4n) is 1.75. The van der Waals surface area contributed by atoms with E-state index < -0.39 is 5.69 Å². The smallest absolute Gasteiger partial charge is 0.314 e. The average molecular weight is 331 g/mol. The number of rotatable bonds is 8. The number of aromatic amines is 2. The van der Waals surface area contributed by atoms with E-state index in [4.69, 9.17) is 4.84 Å². The highest BCUT2D eigenvalue weighted by molar-refractivity contribution is 5.48. The summed E-state index contributed by atoms with van der Waals surface area (Å²) in [6, 6.07) is 11.5. The molecule has 1 aromatic heterocycles. The van der Waals surface area contributed by atoms with Crippen LogP contribution in [0.2, 0.25) is 0 Å². The normalized spacial score (nSPS) is 10.4. The van der Waals surface area contributed by atoms with Crippen molar-refractivity contribution in [2.24, 2.45) is 0 Å². The lowest BCUT2D eigenvalue weighted by Gasteiger charge is -2.02. The Labute approximate surface area is 141 Å². The van der Waals surface area contributed by atoms with Gasteiger partial charge in [-0.25, -0.2) is 4.79 Å². The van der Waals surface area contributed by atoms with Crippen LogP contribution >= 0.6 is 0 Å². The van der Waals surface area contributed by atoms with Crippen LogP contribution in [0.5, 0.6) is 0 Å². The van der Waals surface area contributed by atoms with Gasteiger partial charge in [0.2, 0.25) is 0 Å². The molecular formula is C18H25N3O3. The van der Waals surface area contributed by atoms with Crippen molar-refractivity contribution < 1.29 is 4.84 Å². The summed E-state index contributed by atoms with van der Waals surface area (Å²) >= 11 is 0. The predicted octanol–water partition coefficient (Wildman–Crippen LogP) is 2.47. The SMILES string of the molecule is CCCCCONCC=Cc1ccccc1.O=c1cc[nH]c(=O)[nH]1. The minimum Gasteiger partial charge on any atom is -0.314 e. The fourth-order valence-corrected chi connectivity index (χ4v) is 1.75. The zero-order valence-corrected chi connectivity index (χ0v) is 14.0. The Morgan fingerprint density at radius 1 is 1.12 bits per heavy atom. The van der Waals surface area contributed by atoms with E-state index in [9.17, 15) is 9.59 Å². The highest BCUT2D eigenvalue weighted by Gasteiger charge is 1.86. The van der Waals surface area contributed by atoms with Crippen LogP contribution in [-0.4, -0.2) is 23.1 Å². The monoisotopic (exact) mass is 331 g/mol. The van der Waals surface area contributed by atoms with Crippen molar-refractivity contribution in [1.82, 2.24) is 15.4 Å². The summed E-state index contributed by atoms with van der Waals surface area (Å²) in [5.41, 5.74) is 3.29. The Balaban J connectivity index is 0.000000300. The lowest BCUT2D eigenvalue weighted by Crippen LogP contribution is -2.19. The molecule has 0 amide bonds. The van der Waals surface area contributed by atoms with Gasteiger partial charge in [-0.15, -0.1) is 0 Å². The van der Waals surface area contributed by atoms with Crippen LogP contribution in [0.4, 0.5) is 0 Å². The number of unbranched alkanes of at least 4 members (excludes halogenated alkanes) is 2. The van der Waals surface area contributed by atoms with Crippen molar-refractivity contribution in [2.45, 2.75) is 26.2 Å². The van der Waals surface area contributed by atoms with Gasteiger partial charge in [0, 0.05) is 18.8 Å². The Hall–Kier alpha value is -2.44. The highest BCUT2D eigenvalue weighted by Crippen LogP contribution is 2.00. The maximum atomic E-state index is 10.2. The van der Waals surface area contributed by atoms with Gasteiger partial charge >= 0.3 is 5.69 Å². The fraction of sp³-hybridized carbons (Fsp3) is 0.333. The van der Waals surface area contributed by atoms with Crippen molar-refractivity contribution >= 4 is 6.08 Å². The number of hydroxylamine groups is 1. The second-order valence-corrected chi connectivity index (χ2v) is 5.01. The Bertz CT molecular complexity index is 652. The Morgan fingerprint density at radius 2 is 1.92 bits per heavy atom. The van der Waals surface area contributed by atoms with E-state index in [1.165, 1.54) is 30.7 Å². The van der Waals surface area contributed by atoms with E-state index in [0.29, 0.717) is 0 Å². The minimum absolute atomic E-state index is 0.381. The molecule has 2 rings (SSSR count). The highest BCUT2D eigenvalue weighted by atomic mass is 16.6. The first-order valence-electron chi connectivity index (χ1n) is 8.06. The molecular weight excluding hydrogens is 306 g/mol. The summed E-state index contributed by atoms with van der Waals surface area (Å²) in [7, 11) is 0. The molecule has 0 bridgehead atoms. The van der Waals surface area contributed by atoms with E-state index in [-0.39, 0.29) is 5.56 Å². The van der Waals surface area contributed by atoms with Gasteiger partial charge in [0.15, 0.2) is 0 Å². The third-order valence-electron chi connectivity index (χ3n) is 2.95. The summed E-state index contributed by atoms with van der Waals surface area (Å²) in [4.78, 5) is 29.9. The van der Waals surface area contributed by atoms with Gasteiger partial charge in [-0.1, -0.05) is 62.2 Å². The number of nitrogens with one attached hydrogen (secondary N) is 3. The molecule has 2 aromatic rings. The van der Waals surface area contributed by atoms with E-state index >= 15 is 0 Å². The van der Waals surface area contributed by atoms with Crippen molar-refractivity contribution in [3.8, 4) is 0 Å². The molecule has 0 aliphatic heterocycles. The number of hydrogen-bond acceptors (Lipinski definition) is 4. The summed E-state index contributed by atoms with van der Waals surface area (Å²) in [5, 5.41) is 0. The van der Waals surface area contributed by atoms with Crippen molar-refractivity contribution in [3.63, 3.8) is 0 Å². The van der Waals surface area contributed by atoms with Gasteiger partial charge < -0.3 is 9.82 Å². The van der Waals surface area contributed by atoms with Crippen LogP contribution in [0.3, 0.4) is 0 Å². The molecule has 0 saturated heterocycles. The molecule has 0 unspecified atom stereocenters. The topological polar surface area (TPSA) is 87.0 Å². The maximum absolute atomic E-state index is 10.2. The zero-order valence-electron chi connectivity index (χ0n) is 14.0. The third kappa shape index (κ3) is 10.3. The maximum Gasteiger partial charge on any atom is 0.325 e. The van der Waals surface area contributed by atoms with E-state index in [1.54, 1.807) is 0 Å². The van der Waals surface area contributed by atoms with Crippen LogP contribution in [0.25, 0.3) is 6.08 Å². The number of hydrogen-bond donors (Lipinski definition) is 3. The first kappa shape index (κ1) is 19.6. The van der Waals surface area contributed by atoms with Crippen LogP contribution in [-0.2, 0) is 4.84 Å². The number of H-pyrrole nitrogens is 2. The molecule has 0 atom stereocenters. The lowest BCUT2D eigenvalue weighted by atomic mass is 10.2. The Morgan fingerprint density at radius 3 is 2.54 bits per heavy atom. The van der Waals surface area contributed by atoms with Crippen LogP contribution < -0.4 is 16.7 Å². The van der Waals surface area contributed by atoms with Crippen molar-refractivity contribution in [2.75, 3.05) is 13.2 Å². The molecule has 0 aliphatic carbocycles. The van der Waals surface area contributed by atoms with E-state index in [1.807, 2.05) is 23.2 Å². The zero-order chi connectivity index (χ0) is 17.5. The number of aromatic nitrogens is 2. The molecule has 1 heterocycles. The molecule has 0 radical (unpaired) electrons. The van der Waals surface area contributed by atoms with Crippen molar-refractivity contribution in [3.05, 3.63) is 75.1 Å². The summed E-state index contributed by atoms with van der Waals surface area (Å²) < 4.78 is 0. The van der Waals surface area contributed by atoms with Gasteiger partial charge in [-0.2, -0.15) is 5.48 Å². The van der Waals surface area contributed by atoms with Crippen LogP contribution in [0, 0.1) is 0 Å². The number of benzene rings is 1. The van der Waals surface area contributed by atoms with E-state index in [0.717, 1.165) is 19.6 Å². The molecule has 0 saturated carbocycles. The van der Waals surface area contributed by atoms with Gasteiger partial charge in [0.1, 0.15) is 0 Å². The molecule has 6 heteroatoms. The minimum atomic E-state index is -0.475. The lowest BCUT2D eigenvalue weighted by molar-refractivity contribution is 0.0460. The summed E-state index contributed by atoms with van der Waals surface area (Å²) in [6.07, 6.45) is 9.05. The Kier molecular flexibility index (Phi) is 10.7. The molecule has 3 N–H and O–H groups in total. The van der Waals surface area contributed by atoms with Crippen LogP contribution in [0.1, 0.15) is 31.7 Å². The first-order chi connectivity index (χ1) is 11.7. The van der Waals surface area contributed by atoms with Crippen LogP contribution in [0.15, 0.2) is 58.3 Å². The molecule has 0 spiro atoms. The van der Waals surface area contributed by atoms with Gasteiger partial charge in [0.05, 0.1) is 6.61 Å². The van der Waals surface area contributed by atoms with Gasteiger partial charge in [0.25, 0.3) is 5.56 Å².